The van der Waals surface area contributed by atoms with E-state index in [2.05, 4.69) is 67.5 Å². The largest absolute Gasteiger partial charge is 0.445 e. The molecule has 0 aliphatic carbocycles. The summed E-state index contributed by atoms with van der Waals surface area (Å²) < 4.78 is 18.7. The number of amides is 3. The van der Waals surface area contributed by atoms with Crippen LogP contribution < -0.4 is 10.2 Å². The van der Waals surface area contributed by atoms with Gasteiger partial charge in [-0.15, -0.1) is 0 Å². The van der Waals surface area contributed by atoms with Crippen molar-refractivity contribution in [1.82, 2.24) is 10.2 Å². The lowest BCUT2D eigenvalue weighted by molar-refractivity contribution is -0.276. The summed E-state index contributed by atoms with van der Waals surface area (Å²) in [5, 5.41) is 14.6. The molecule has 0 bridgehead atoms. The number of anilines is 1. The molecule has 5 aromatic carbocycles. The maximum atomic E-state index is 13.5. The number of rotatable bonds is 11. The SMILES string of the molecule is CC1C(CN(C)C(C)c2ccc3ccccc3c2)OC(c2cccc(N3C(=O)CC(NC(=O)OCc4ccccc4)C3=O)c2)OC1c1ccc(CO)cc1. The van der Waals surface area contributed by atoms with E-state index in [9.17, 15) is 19.5 Å². The van der Waals surface area contributed by atoms with Crippen LogP contribution in [-0.4, -0.2) is 53.7 Å². The van der Waals surface area contributed by atoms with Gasteiger partial charge < -0.3 is 24.6 Å². The molecule has 10 heteroatoms. The number of fused-ring (bicyclic) bond motifs is 1. The van der Waals surface area contributed by atoms with Gasteiger partial charge in [0.25, 0.3) is 5.91 Å². The molecule has 7 rings (SSSR count). The molecule has 2 aliphatic heterocycles. The molecule has 0 saturated carbocycles. The lowest BCUT2D eigenvalue weighted by Gasteiger charge is -2.43. The number of aliphatic hydroxyl groups excluding tert-OH is 1. The Morgan fingerprint density at radius 2 is 1.61 bits per heavy atom. The summed E-state index contributed by atoms with van der Waals surface area (Å²) in [4.78, 5) is 42.7. The molecule has 0 radical (unpaired) electrons. The van der Waals surface area contributed by atoms with Gasteiger partial charge >= 0.3 is 6.09 Å². The number of hydrogen-bond acceptors (Lipinski definition) is 8. The van der Waals surface area contributed by atoms with Gasteiger partial charge in [-0.3, -0.25) is 14.5 Å². The van der Waals surface area contributed by atoms with E-state index in [1.807, 2.05) is 66.7 Å². The lowest BCUT2D eigenvalue weighted by Crippen LogP contribution is -2.44. The van der Waals surface area contributed by atoms with Crippen molar-refractivity contribution in [2.45, 2.75) is 64.1 Å². The normalized spacial score (nSPS) is 22.1. The summed E-state index contributed by atoms with van der Waals surface area (Å²) in [6, 6.07) is 37.9. The Labute approximate surface area is 315 Å². The van der Waals surface area contributed by atoms with E-state index in [0.29, 0.717) is 17.8 Å². The molecule has 2 aliphatic rings. The van der Waals surface area contributed by atoms with Crippen LogP contribution in [0.2, 0.25) is 0 Å². The Morgan fingerprint density at radius 1 is 0.870 bits per heavy atom. The second kappa shape index (κ2) is 16.3. The molecule has 2 N–H and O–H groups in total. The third-order valence-corrected chi connectivity index (χ3v) is 10.6. The Balaban J connectivity index is 1.09. The van der Waals surface area contributed by atoms with Crippen molar-refractivity contribution in [1.29, 1.82) is 0 Å². The zero-order chi connectivity index (χ0) is 37.8. The first-order valence-electron chi connectivity index (χ1n) is 18.3. The number of ether oxygens (including phenoxy) is 3. The number of hydrogen-bond donors (Lipinski definition) is 2. The first-order chi connectivity index (χ1) is 26.2. The number of carbonyl (C=O) groups is 3. The van der Waals surface area contributed by atoms with Gasteiger partial charge in [-0.05, 0) is 65.2 Å². The van der Waals surface area contributed by atoms with E-state index in [-0.39, 0.29) is 43.8 Å². The lowest BCUT2D eigenvalue weighted by atomic mass is 9.89. The Kier molecular flexibility index (Phi) is 11.2. The van der Waals surface area contributed by atoms with Crippen molar-refractivity contribution in [3.63, 3.8) is 0 Å². The number of nitrogens with zero attached hydrogens (tertiary/aromatic N) is 2. The zero-order valence-corrected chi connectivity index (χ0v) is 30.6. The van der Waals surface area contributed by atoms with Gasteiger partial charge in [0.1, 0.15) is 12.6 Å². The molecule has 2 fully saturated rings. The molecular formula is C44H45N3O7. The standard InChI is InChI=1S/C44H45N3O7/c1-28-39(25-46(3)29(2)34-21-20-32-12-7-8-13-35(32)22-34)53-43(54-41(28)33-18-16-30(26-48)17-19-33)36-14-9-15-37(23-36)47-40(49)24-38(42(47)50)45-44(51)52-27-31-10-5-4-6-11-31/h4-23,28-29,38-39,41,43,48H,24-27H2,1-3H3,(H,45,51). The van der Waals surface area contributed by atoms with Crippen molar-refractivity contribution >= 4 is 34.4 Å². The van der Waals surface area contributed by atoms with Crippen LogP contribution in [0, 0.1) is 5.92 Å². The van der Waals surface area contributed by atoms with Gasteiger partial charge in [0.05, 0.1) is 30.9 Å². The van der Waals surface area contributed by atoms with Crippen molar-refractivity contribution < 1.29 is 33.7 Å². The molecule has 3 amide bonds. The Hall–Kier alpha value is -5.39. The van der Waals surface area contributed by atoms with Crippen LogP contribution in [0.25, 0.3) is 10.8 Å². The van der Waals surface area contributed by atoms with Crippen LogP contribution >= 0.6 is 0 Å². The van der Waals surface area contributed by atoms with Crippen molar-refractivity contribution in [2.75, 3.05) is 18.5 Å². The van der Waals surface area contributed by atoms with Crippen LogP contribution in [0.5, 0.6) is 0 Å². The van der Waals surface area contributed by atoms with Crippen molar-refractivity contribution in [2.24, 2.45) is 5.92 Å². The van der Waals surface area contributed by atoms with Crippen LogP contribution in [0.3, 0.4) is 0 Å². The smallest absolute Gasteiger partial charge is 0.408 e. The number of benzene rings is 5. The molecule has 0 aromatic heterocycles. The predicted molar refractivity (Wildman–Crippen MR) is 205 cm³/mol. The van der Waals surface area contributed by atoms with Crippen LogP contribution in [0.4, 0.5) is 10.5 Å². The number of likely N-dealkylation sites (N-methyl/N-ethyl adjacent to an activating group) is 1. The maximum Gasteiger partial charge on any atom is 0.408 e. The summed E-state index contributed by atoms with van der Waals surface area (Å²) >= 11 is 0. The quantitative estimate of drug-likeness (QED) is 0.136. The predicted octanol–water partition coefficient (Wildman–Crippen LogP) is 7.37. The van der Waals surface area contributed by atoms with E-state index in [4.69, 9.17) is 14.2 Å². The van der Waals surface area contributed by atoms with Crippen LogP contribution in [-0.2, 0) is 37.0 Å². The van der Waals surface area contributed by atoms with E-state index in [1.54, 1.807) is 18.2 Å². The molecule has 2 heterocycles. The minimum Gasteiger partial charge on any atom is -0.445 e. The number of nitrogens with one attached hydrogen (secondary N) is 1. The molecule has 10 nitrogen and oxygen atoms in total. The molecule has 6 atom stereocenters. The van der Waals surface area contributed by atoms with Crippen LogP contribution in [0.15, 0.2) is 121 Å². The highest BCUT2D eigenvalue weighted by Crippen LogP contribution is 2.43. The fourth-order valence-corrected chi connectivity index (χ4v) is 7.23. The molecular weight excluding hydrogens is 682 g/mol. The van der Waals surface area contributed by atoms with Gasteiger partial charge in [0.2, 0.25) is 5.91 Å². The summed E-state index contributed by atoms with van der Waals surface area (Å²) in [6.45, 7) is 4.90. The first kappa shape index (κ1) is 36.9. The Bertz CT molecular complexity index is 2110. The summed E-state index contributed by atoms with van der Waals surface area (Å²) in [5.41, 5.74) is 4.77. The van der Waals surface area contributed by atoms with Gasteiger partial charge in [0, 0.05) is 24.1 Å². The molecule has 5 aromatic rings. The van der Waals surface area contributed by atoms with Gasteiger partial charge in [-0.25, -0.2) is 9.69 Å². The highest BCUT2D eigenvalue weighted by atomic mass is 16.7. The highest BCUT2D eigenvalue weighted by molar-refractivity contribution is 6.23. The van der Waals surface area contributed by atoms with Gasteiger partial charge in [-0.1, -0.05) is 110 Å². The molecule has 2 saturated heterocycles. The van der Waals surface area contributed by atoms with E-state index < -0.39 is 30.2 Å². The second-order valence-electron chi connectivity index (χ2n) is 14.2. The monoisotopic (exact) mass is 727 g/mol. The van der Waals surface area contributed by atoms with Crippen LogP contribution in [0.1, 0.15) is 66.5 Å². The topological polar surface area (TPSA) is 118 Å². The van der Waals surface area contributed by atoms with Gasteiger partial charge in [-0.2, -0.15) is 0 Å². The third-order valence-electron chi connectivity index (χ3n) is 10.6. The zero-order valence-electron chi connectivity index (χ0n) is 30.6. The highest BCUT2D eigenvalue weighted by Gasteiger charge is 2.42. The number of carbonyl (C=O) groups excluding carboxylic acids is 3. The fraction of sp³-hybridized carbons (Fsp3) is 0.295. The van der Waals surface area contributed by atoms with E-state index >= 15 is 0 Å². The summed E-state index contributed by atoms with van der Waals surface area (Å²) in [7, 11) is 2.10. The van der Waals surface area contributed by atoms with Gasteiger partial charge in [0.15, 0.2) is 6.29 Å². The minimum absolute atomic E-state index is 0.0407. The number of alkyl carbamates (subject to hydrolysis) is 1. The Morgan fingerprint density at radius 3 is 2.37 bits per heavy atom. The number of aliphatic hydroxyl groups is 1. The molecule has 0 spiro atoms. The average Bonchev–Trinajstić information content (AvgIpc) is 3.48. The summed E-state index contributed by atoms with van der Waals surface area (Å²) in [5.74, 6) is -1.03. The van der Waals surface area contributed by atoms with E-state index in [1.165, 1.54) is 16.3 Å². The minimum atomic E-state index is -1.05. The number of imide groups is 1. The molecule has 6 unspecified atom stereocenters. The first-order valence-corrected chi connectivity index (χ1v) is 18.3. The van der Waals surface area contributed by atoms with E-state index in [0.717, 1.165) is 21.6 Å². The average molecular weight is 728 g/mol. The maximum absolute atomic E-state index is 13.5. The summed E-state index contributed by atoms with van der Waals surface area (Å²) in [6.07, 6.45) is -2.38. The fourth-order valence-electron chi connectivity index (χ4n) is 7.23. The van der Waals surface area contributed by atoms with Crippen molar-refractivity contribution in [3.8, 4) is 0 Å². The van der Waals surface area contributed by atoms with Crippen molar-refractivity contribution in [3.05, 3.63) is 149 Å². The molecule has 54 heavy (non-hydrogen) atoms. The second-order valence-corrected chi connectivity index (χ2v) is 14.2. The molecule has 278 valence electrons. The third kappa shape index (κ3) is 8.07.